The molecule has 0 bridgehead atoms. The van der Waals surface area contributed by atoms with E-state index in [0.717, 1.165) is 6.42 Å². The predicted octanol–water partition coefficient (Wildman–Crippen LogP) is -0.763. The summed E-state index contributed by atoms with van der Waals surface area (Å²) in [6, 6.07) is -0.314. The van der Waals surface area contributed by atoms with Gasteiger partial charge in [0, 0.05) is 6.54 Å². The van der Waals surface area contributed by atoms with E-state index in [-0.39, 0.29) is 11.9 Å². The summed E-state index contributed by atoms with van der Waals surface area (Å²) in [6.45, 7) is 0.476. The van der Waals surface area contributed by atoms with Crippen LogP contribution in [0.1, 0.15) is 6.42 Å². The molecule has 0 saturated carbocycles. The summed E-state index contributed by atoms with van der Waals surface area (Å²) in [5.41, 5.74) is 0. The first kappa shape index (κ1) is 6.45. The fourth-order valence-corrected chi connectivity index (χ4v) is 1.65. The van der Waals surface area contributed by atoms with Crippen molar-refractivity contribution in [3.63, 3.8) is 0 Å². The van der Waals surface area contributed by atoms with Crippen LogP contribution in [0.5, 0.6) is 0 Å². The maximum absolute atomic E-state index is 10.8. The van der Waals surface area contributed by atoms with Crippen molar-refractivity contribution in [1.29, 1.82) is 0 Å². The SMILES string of the molecule is O=C1NC2CCN(C(=O)O)C12. The standard InChI is InChI=1S/C6H8N2O3/c9-5-4-3(7-5)1-2-8(4)6(10)11/h3-4H,1-2H2,(H,7,9)(H,10,11). The highest BCUT2D eigenvalue weighted by atomic mass is 16.4. The van der Waals surface area contributed by atoms with E-state index >= 15 is 0 Å². The minimum Gasteiger partial charge on any atom is -0.465 e. The summed E-state index contributed by atoms with van der Waals surface area (Å²) in [7, 11) is 0. The van der Waals surface area contributed by atoms with E-state index in [0.29, 0.717) is 6.54 Å². The number of hydrogen-bond acceptors (Lipinski definition) is 2. The second-order valence-corrected chi connectivity index (χ2v) is 2.82. The van der Waals surface area contributed by atoms with Crippen molar-refractivity contribution in [1.82, 2.24) is 10.2 Å². The van der Waals surface area contributed by atoms with E-state index in [9.17, 15) is 9.59 Å². The fourth-order valence-electron chi connectivity index (χ4n) is 1.65. The summed E-state index contributed by atoms with van der Waals surface area (Å²) in [4.78, 5) is 22.5. The molecule has 5 nitrogen and oxygen atoms in total. The number of fused-ring (bicyclic) bond motifs is 1. The van der Waals surface area contributed by atoms with Gasteiger partial charge in [0.15, 0.2) is 0 Å². The number of rotatable bonds is 0. The van der Waals surface area contributed by atoms with Crippen LogP contribution in [0.15, 0.2) is 0 Å². The van der Waals surface area contributed by atoms with Crippen LogP contribution in [0.3, 0.4) is 0 Å². The maximum Gasteiger partial charge on any atom is 0.408 e. The van der Waals surface area contributed by atoms with Crippen LogP contribution in [-0.2, 0) is 4.79 Å². The van der Waals surface area contributed by atoms with Gasteiger partial charge in [0.25, 0.3) is 0 Å². The zero-order valence-electron chi connectivity index (χ0n) is 5.78. The highest BCUT2D eigenvalue weighted by Crippen LogP contribution is 2.24. The predicted molar refractivity (Wildman–Crippen MR) is 35.1 cm³/mol. The molecule has 2 saturated heterocycles. The molecule has 2 unspecified atom stereocenters. The molecular formula is C6H8N2O3. The highest BCUT2D eigenvalue weighted by molar-refractivity contribution is 5.92. The van der Waals surface area contributed by atoms with Crippen molar-refractivity contribution < 1.29 is 14.7 Å². The number of hydrogen-bond donors (Lipinski definition) is 2. The van der Waals surface area contributed by atoms with Crippen molar-refractivity contribution in [2.45, 2.75) is 18.5 Å². The summed E-state index contributed by atoms with van der Waals surface area (Å²) in [5.74, 6) is -0.157. The second-order valence-electron chi connectivity index (χ2n) is 2.82. The number of carboxylic acid groups (broad SMARTS) is 1. The Kier molecular flexibility index (Phi) is 1.10. The molecule has 0 spiro atoms. The van der Waals surface area contributed by atoms with Gasteiger partial charge in [0.2, 0.25) is 5.91 Å². The maximum atomic E-state index is 10.8. The molecule has 2 N–H and O–H groups in total. The molecule has 60 valence electrons. The highest BCUT2D eigenvalue weighted by Gasteiger charge is 2.49. The molecule has 0 aromatic carbocycles. The molecule has 0 aromatic rings. The van der Waals surface area contributed by atoms with Crippen LogP contribution in [0.4, 0.5) is 4.79 Å². The van der Waals surface area contributed by atoms with E-state index in [1.807, 2.05) is 0 Å². The number of carbonyl (C=O) groups excluding carboxylic acids is 1. The van der Waals surface area contributed by atoms with Crippen LogP contribution in [-0.4, -0.2) is 40.6 Å². The van der Waals surface area contributed by atoms with Gasteiger partial charge in [-0.1, -0.05) is 0 Å². The van der Waals surface area contributed by atoms with Crippen molar-refractivity contribution in [3.8, 4) is 0 Å². The Hall–Kier alpha value is -1.26. The number of amides is 2. The van der Waals surface area contributed by atoms with Crippen molar-refractivity contribution in [3.05, 3.63) is 0 Å². The molecular weight excluding hydrogens is 148 g/mol. The van der Waals surface area contributed by atoms with Gasteiger partial charge < -0.3 is 10.4 Å². The second kappa shape index (κ2) is 1.87. The lowest BCUT2D eigenvalue weighted by Crippen LogP contribution is -2.64. The Morgan fingerprint density at radius 1 is 1.73 bits per heavy atom. The van der Waals surface area contributed by atoms with Crippen LogP contribution >= 0.6 is 0 Å². The molecule has 2 fully saturated rings. The zero-order chi connectivity index (χ0) is 8.01. The molecule has 0 aromatic heterocycles. The third-order valence-electron chi connectivity index (χ3n) is 2.24. The molecule has 2 atom stereocenters. The Bertz CT molecular complexity index is 220. The average Bonchev–Trinajstić information content (AvgIpc) is 2.25. The minimum atomic E-state index is -0.993. The van der Waals surface area contributed by atoms with Gasteiger partial charge in [-0.25, -0.2) is 4.79 Å². The van der Waals surface area contributed by atoms with Gasteiger partial charge in [-0.3, -0.25) is 9.69 Å². The summed E-state index contributed by atoms with van der Waals surface area (Å²) in [5, 5.41) is 11.2. The Morgan fingerprint density at radius 3 is 2.91 bits per heavy atom. The quantitative estimate of drug-likeness (QED) is 0.453. The Balaban J connectivity index is 2.14. The number of likely N-dealkylation sites (tertiary alicyclic amines) is 1. The average molecular weight is 156 g/mol. The van der Waals surface area contributed by atoms with Crippen molar-refractivity contribution >= 4 is 12.0 Å². The molecule has 0 aliphatic carbocycles. The lowest BCUT2D eigenvalue weighted by Gasteiger charge is -2.33. The van der Waals surface area contributed by atoms with Crippen molar-refractivity contribution in [2.75, 3.05) is 6.54 Å². The summed E-state index contributed by atoms with van der Waals surface area (Å²) >= 11 is 0. The lowest BCUT2D eigenvalue weighted by atomic mass is 10.0. The number of carbonyl (C=O) groups is 2. The Labute approximate surface area is 63.0 Å². The van der Waals surface area contributed by atoms with E-state index in [1.165, 1.54) is 4.90 Å². The van der Waals surface area contributed by atoms with E-state index in [2.05, 4.69) is 5.32 Å². The molecule has 0 radical (unpaired) electrons. The molecule has 2 aliphatic rings. The zero-order valence-corrected chi connectivity index (χ0v) is 5.78. The monoisotopic (exact) mass is 156 g/mol. The number of nitrogens with zero attached hydrogens (tertiary/aromatic N) is 1. The number of nitrogens with one attached hydrogen (secondary N) is 1. The number of β-lactam (4-membered cyclic amide) rings is 1. The van der Waals surface area contributed by atoms with Gasteiger partial charge in [0.1, 0.15) is 6.04 Å². The van der Waals surface area contributed by atoms with Crippen LogP contribution in [0.25, 0.3) is 0 Å². The third-order valence-corrected chi connectivity index (χ3v) is 2.24. The van der Waals surface area contributed by atoms with Gasteiger partial charge in [-0.15, -0.1) is 0 Å². The molecule has 5 heteroatoms. The third kappa shape index (κ3) is 0.704. The van der Waals surface area contributed by atoms with Gasteiger partial charge in [-0.05, 0) is 6.42 Å². The molecule has 2 rings (SSSR count). The normalized spacial score (nSPS) is 34.2. The first-order valence-electron chi connectivity index (χ1n) is 3.50. The van der Waals surface area contributed by atoms with E-state index in [1.54, 1.807) is 0 Å². The molecule has 2 aliphatic heterocycles. The molecule has 2 heterocycles. The van der Waals surface area contributed by atoms with Gasteiger partial charge in [-0.2, -0.15) is 0 Å². The lowest BCUT2D eigenvalue weighted by molar-refractivity contribution is -0.133. The van der Waals surface area contributed by atoms with Crippen LogP contribution in [0, 0.1) is 0 Å². The molecule has 2 amide bonds. The summed E-state index contributed by atoms with van der Waals surface area (Å²) < 4.78 is 0. The Morgan fingerprint density at radius 2 is 2.45 bits per heavy atom. The first-order chi connectivity index (χ1) is 5.20. The summed E-state index contributed by atoms with van der Waals surface area (Å²) in [6.07, 6.45) is -0.241. The largest absolute Gasteiger partial charge is 0.465 e. The minimum absolute atomic E-state index is 0.0820. The molecule has 11 heavy (non-hydrogen) atoms. The van der Waals surface area contributed by atoms with Crippen LogP contribution < -0.4 is 5.32 Å². The van der Waals surface area contributed by atoms with Crippen LogP contribution in [0.2, 0.25) is 0 Å². The van der Waals surface area contributed by atoms with E-state index in [4.69, 9.17) is 5.11 Å². The first-order valence-corrected chi connectivity index (χ1v) is 3.50. The van der Waals surface area contributed by atoms with Crippen molar-refractivity contribution in [2.24, 2.45) is 0 Å². The van der Waals surface area contributed by atoms with E-state index < -0.39 is 12.1 Å². The van der Waals surface area contributed by atoms with Gasteiger partial charge >= 0.3 is 6.09 Å². The smallest absolute Gasteiger partial charge is 0.408 e. The topological polar surface area (TPSA) is 69.6 Å². The van der Waals surface area contributed by atoms with Gasteiger partial charge in [0.05, 0.1) is 6.04 Å². The fraction of sp³-hybridized carbons (Fsp3) is 0.667.